The van der Waals surface area contributed by atoms with Gasteiger partial charge in [-0.15, -0.1) is 0 Å². The van der Waals surface area contributed by atoms with Crippen molar-refractivity contribution in [3.05, 3.63) is 63.6 Å². The Morgan fingerprint density at radius 1 is 1.20 bits per heavy atom. The van der Waals surface area contributed by atoms with Gasteiger partial charge in [-0.1, -0.05) is 0 Å². The van der Waals surface area contributed by atoms with Gasteiger partial charge in [0.05, 0.1) is 10.7 Å². The van der Waals surface area contributed by atoms with Crippen LogP contribution in [0.25, 0.3) is 0 Å². The van der Waals surface area contributed by atoms with Crippen LogP contribution in [0, 0.1) is 17.5 Å². The number of hydrogen-bond acceptors (Lipinski definition) is 2. The van der Waals surface area contributed by atoms with Gasteiger partial charge in [0, 0.05) is 23.4 Å². The largest absolute Gasteiger partial charge is 0.313 e. The maximum absolute atomic E-state index is 14.0. The Balaban J connectivity index is 2.37. The summed E-state index contributed by atoms with van der Waals surface area (Å²) < 4.78 is 41.6. The van der Waals surface area contributed by atoms with Gasteiger partial charge in [0.1, 0.15) is 17.5 Å². The minimum Gasteiger partial charge on any atom is -0.313 e. The summed E-state index contributed by atoms with van der Waals surface area (Å²) in [6, 6.07) is 3.43. The molecule has 106 valence electrons. The van der Waals surface area contributed by atoms with Gasteiger partial charge >= 0.3 is 0 Å². The van der Waals surface area contributed by atoms with E-state index in [1.54, 1.807) is 7.05 Å². The molecule has 0 radical (unpaired) electrons. The van der Waals surface area contributed by atoms with Crippen LogP contribution in [0.15, 0.2) is 35.1 Å². The molecule has 20 heavy (non-hydrogen) atoms. The number of pyridine rings is 1. The maximum atomic E-state index is 14.0. The number of hydrogen-bond donors (Lipinski definition) is 1. The van der Waals surface area contributed by atoms with E-state index in [0.29, 0.717) is 5.56 Å². The molecule has 1 heterocycles. The minimum absolute atomic E-state index is 0.00542. The van der Waals surface area contributed by atoms with Crippen molar-refractivity contribution in [2.45, 2.75) is 12.5 Å². The number of aromatic nitrogens is 1. The average Bonchev–Trinajstić information content (AvgIpc) is 2.45. The fourth-order valence-corrected chi connectivity index (χ4v) is 2.37. The van der Waals surface area contributed by atoms with Crippen LogP contribution in [0.1, 0.15) is 17.2 Å². The maximum Gasteiger partial charge on any atom is 0.146 e. The van der Waals surface area contributed by atoms with Crippen LogP contribution in [-0.4, -0.2) is 12.0 Å². The molecule has 1 unspecified atom stereocenters. The molecule has 0 spiro atoms. The SMILES string of the molecule is CNC(Cc1c(F)ccc(Br)c1F)c1ccncc1F. The summed E-state index contributed by atoms with van der Waals surface area (Å²) >= 11 is 3.02. The zero-order valence-corrected chi connectivity index (χ0v) is 12.2. The van der Waals surface area contributed by atoms with E-state index >= 15 is 0 Å². The molecular formula is C14H12BrF3N2. The average molecular weight is 345 g/mol. The van der Waals surface area contributed by atoms with Gasteiger partial charge in [-0.2, -0.15) is 0 Å². The molecule has 1 atom stereocenters. The number of benzene rings is 1. The lowest BCUT2D eigenvalue weighted by atomic mass is 9.98. The second-order valence-corrected chi connectivity index (χ2v) is 5.12. The van der Waals surface area contributed by atoms with E-state index in [9.17, 15) is 13.2 Å². The highest BCUT2D eigenvalue weighted by Gasteiger charge is 2.20. The molecule has 0 aliphatic carbocycles. The van der Waals surface area contributed by atoms with Crippen molar-refractivity contribution in [3.63, 3.8) is 0 Å². The molecule has 0 saturated carbocycles. The number of nitrogens with one attached hydrogen (secondary N) is 1. The van der Waals surface area contributed by atoms with Crippen molar-refractivity contribution >= 4 is 15.9 Å². The Labute approximate surface area is 123 Å². The lowest BCUT2D eigenvalue weighted by Crippen LogP contribution is -2.21. The van der Waals surface area contributed by atoms with Crippen molar-refractivity contribution in [2.24, 2.45) is 0 Å². The fraction of sp³-hybridized carbons (Fsp3) is 0.214. The highest BCUT2D eigenvalue weighted by molar-refractivity contribution is 9.10. The van der Waals surface area contributed by atoms with E-state index in [4.69, 9.17) is 0 Å². The third kappa shape index (κ3) is 3.02. The van der Waals surface area contributed by atoms with Gasteiger partial charge in [-0.25, -0.2) is 13.2 Å². The third-order valence-electron chi connectivity index (χ3n) is 3.07. The van der Waals surface area contributed by atoms with Crippen molar-refractivity contribution in [1.82, 2.24) is 10.3 Å². The molecule has 1 aromatic heterocycles. The van der Waals surface area contributed by atoms with Crippen LogP contribution in [0.3, 0.4) is 0 Å². The molecule has 1 aromatic carbocycles. The highest BCUT2D eigenvalue weighted by atomic mass is 79.9. The normalized spacial score (nSPS) is 12.4. The first-order valence-corrected chi connectivity index (χ1v) is 6.73. The monoisotopic (exact) mass is 344 g/mol. The molecular weight excluding hydrogens is 333 g/mol. The molecule has 0 amide bonds. The van der Waals surface area contributed by atoms with Gasteiger partial charge in [0.2, 0.25) is 0 Å². The molecule has 6 heteroatoms. The van der Waals surface area contributed by atoms with E-state index in [1.165, 1.54) is 24.4 Å². The van der Waals surface area contributed by atoms with E-state index in [1.807, 2.05) is 0 Å². The second kappa shape index (κ2) is 6.37. The van der Waals surface area contributed by atoms with E-state index in [2.05, 4.69) is 26.2 Å². The molecule has 0 bridgehead atoms. The molecule has 1 N–H and O–H groups in total. The van der Waals surface area contributed by atoms with Crippen molar-refractivity contribution in [2.75, 3.05) is 7.05 Å². The predicted molar refractivity (Wildman–Crippen MR) is 73.8 cm³/mol. The highest BCUT2D eigenvalue weighted by Crippen LogP contribution is 2.27. The third-order valence-corrected chi connectivity index (χ3v) is 3.69. The van der Waals surface area contributed by atoms with Crippen LogP contribution in [0.5, 0.6) is 0 Å². The first-order chi connectivity index (χ1) is 9.54. The number of rotatable bonds is 4. The predicted octanol–water partition coefficient (Wildman–Crippen LogP) is 3.76. The summed E-state index contributed by atoms with van der Waals surface area (Å²) in [4.78, 5) is 3.66. The van der Waals surface area contributed by atoms with Crippen LogP contribution >= 0.6 is 15.9 Å². The van der Waals surface area contributed by atoms with Gasteiger partial charge in [-0.3, -0.25) is 4.98 Å². The number of likely N-dealkylation sites (N-methyl/N-ethyl adjacent to an activating group) is 1. The summed E-state index contributed by atoms with van der Waals surface area (Å²) in [5.41, 5.74) is 0.233. The van der Waals surface area contributed by atoms with Crippen LogP contribution in [0.2, 0.25) is 0 Å². The Kier molecular flexibility index (Phi) is 4.77. The molecule has 2 rings (SSSR count). The summed E-state index contributed by atoms with van der Waals surface area (Å²) in [5, 5.41) is 2.87. The Morgan fingerprint density at radius 3 is 2.60 bits per heavy atom. The summed E-state index contributed by atoms with van der Waals surface area (Å²) in [6.45, 7) is 0. The zero-order valence-electron chi connectivity index (χ0n) is 10.6. The second-order valence-electron chi connectivity index (χ2n) is 4.26. The smallest absolute Gasteiger partial charge is 0.146 e. The molecule has 2 nitrogen and oxygen atoms in total. The zero-order chi connectivity index (χ0) is 14.7. The minimum atomic E-state index is -0.667. The molecule has 0 saturated heterocycles. The quantitative estimate of drug-likeness (QED) is 0.854. The van der Waals surface area contributed by atoms with E-state index < -0.39 is 23.5 Å². The standard InChI is InChI=1S/C14H12BrF3N2/c1-19-13(8-4-5-20-7-12(8)17)6-9-11(16)3-2-10(15)14(9)18/h2-5,7,13,19H,6H2,1H3. The van der Waals surface area contributed by atoms with Crippen molar-refractivity contribution in [3.8, 4) is 0 Å². The van der Waals surface area contributed by atoms with Crippen molar-refractivity contribution in [1.29, 1.82) is 0 Å². The Morgan fingerprint density at radius 2 is 1.95 bits per heavy atom. The molecule has 0 aliphatic heterocycles. The van der Waals surface area contributed by atoms with Crippen molar-refractivity contribution < 1.29 is 13.2 Å². The van der Waals surface area contributed by atoms with Gasteiger partial charge in [0.15, 0.2) is 0 Å². The number of halogens is 4. The van der Waals surface area contributed by atoms with Gasteiger partial charge in [-0.05, 0) is 47.6 Å². The first-order valence-electron chi connectivity index (χ1n) is 5.93. The first kappa shape index (κ1) is 15.0. The molecule has 0 aliphatic rings. The van der Waals surface area contributed by atoms with E-state index in [0.717, 1.165) is 6.20 Å². The summed E-state index contributed by atoms with van der Waals surface area (Å²) in [6.07, 6.45) is 2.51. The number of nitrogens with zero attached hydrogens (tertiary/aromatic N) is 1. The van der Waals surface area contributed by atoms with Gasteiger partial charge in [0.25, 0.3) is 0 Å². The van der Waals surface area contributed by atoms with Crippen LogP contribution in [0.4, 0.5) is 13.2 Å². The Bertz CT molecular complexity index is 619. The van der Waals surface area contributed by atoms with Crippen LogP contribution < -0.4 is 5.32 Å². The fourth-order valence-electron chi connectivity index (χ4n) is 2.00. The Hall–Kier alpha value is -1.40. The molecule has 2 aromatic rings. The summed E-state index contributed by atoms with van der Waals surface area (Å²) in [5.74, 6) is -1.83. The topological polar surface area (TPSA) is 24.9 Å². The van der Waals surface area contributed by atoms with E-state index in [-0.39, 0.29) is 16.5 Å². The van der Waals surface area contributed by atoms with Crippen LogP contribution in [-0.2, 0) is 6.42 Å². The molecule has 0 fully saturated rings. The lowest BCUT2D eigenvalue weighted by Gasteiger charge is -2.18. The summed E-state index contributed by atoms with van der Waals surface area (Å²) in [7, 11) is 1.61. The van der Waals surface area contributed by atoms with Gasteiger partial charge < -0.3 is 5.32 Å². The lowest BCUT2D eigenvalue weighted by molar-refractivity contribution is 0.493.